The van der Waals surface area contributed by atoms with Crippen LogP contribution in [-0.4, -0.2) is 32.2 Å². The molecule has 0 saturated heterocycles. The van der Waals surface area contributed by atoms with Crippen LogP contribution in [0, 0.1) is 0 Å². The topological polar surface area (TPSA) is 66.5 Å². The molecule has 2 aromatic rings. The third-order valence-corrected chi connectivity index (χ3v) is 4.84. The Balaban J connectivity index is 1.89. The summed E-state index contributed by atoms with van der Waals surface area (Å²) < 4.78 is 25.4. The lowest BCUT2D eigenvalue weighted by Crippen LogP contribution is -2.37. The fourth-order valence-electron chi connectivity index (χ4n) is 1.98. The van der Waals surface area contributed by atoms with Gasteiger partial charge in [0.15, 0.2) is 0 Å². The van der Waals surface area contributed by atoms with Gasteiger partial charge in [-0.25, -0.2) is 8.42 Å². The van der Waals surface area contributed by atoms with Crippen molar-refractivity contribution in [2.75, 3.05) is 13.6 Å². The van der Waals surface area contributed by atoms with E-state index in [1.807, 2.05) is 48.5 Å². The van der Waals surface area contributed by atoms with Gasteiger partial charge in [-0.1, -0.05) is 60.7 Å². The Labute approximate surface area is 142 Å². The lowest BCUT2D eigenvalue weighted by atomic mass is 10.2. The third kappa shape index (κ3) is 5.64. The molecule has 0 fully saturated rings. The molecule has 24 heavy (non-hydrogen) atoms. The Morgan fingerprint density at radius 1 is 1.04 bits per heavy atom. The molecule has 0 bridgehead atoms. The summed E-state index contributed by atoms with van der Waals surface area (Å²) >= 11 is 0. The molecule has 0 heterocycles. The van der Waals surface area contributed by atoms with Crippen LogP contribution in [0.2, 0.25) is 0 Å². The molecule has 0 spiro atoms. The molecule has 0 aliphatic carbocycles. The zero-order valence-electron chi connectivity index (χ0n) is 13.4. The first-order chi connectivity index (χ1) is 11.5. The summed E-state index contributed by atoms with van der Waals surface area (Å²) in [6.07, 6.45) is 1.51. The number of benzene rings is 2. The molecular weight excluding hydrogens is 324 g/mol. The van der Waals surface area contributed by atoms with Crippen LogP contribution in [0.25, 0.3) is 6.08 Å². The summed E-state index contributed by atoms with van der Waals surface area (Å²) in [5.41, 5.74) is 1.74. The molecule has 6 heteroatoms. The molecule has 2 rings (SSSR count). The predicted molar refractivity (Wildman–Crippen MR) is 95.3 cm³/mol. The van der Waals surface area contributed by atoms with Crippen molar-refractivity contribution >= 4 is 22.0 Å². The summed E-state index contributed by atoms with van der Waals surface area (Å²) in [5.74, 6) is -0.349. The van der Waals surface area contributed by atoms with E-state index in [0.717, 1.165) is 20.8 Å². The maximum atomic E-state index is 12.2. The zero-order valence-corrected chi connectivity index (χ0v) is 14.2. The van der Waals surface area contributed by atoms with Crippen molar-refractivity contribution in [1.82, 2.24) is 9.62 Å². The highest BCUT2D eigenvalue weighted by atomic mass is 32.2. The number of amides is 1. The Morgan fingerprint density at radius 3 is 2.25 bits per heavy atom. The molecule has 0 saturated carbocycles. The van der Waals surface area contributed by atoms with Gasteiger partial charge in [-0.2, -0.15) is 4.31 Å². The Bertz CT molecular complexity index is 788. The number of carbonyl (C=O) groups excluding carboxylic acids is 1. The highest BCUT2D eigenvalue weighted by molar-refractivity contribution is 7.92. The van der Waals surface area contributed by atoms with Crippen LogP contribution in [0.5, 0.6) is 0 Å². The Hall–Kier alpha value is -2.44. The molecule has 0 radical (unpaired) electrons. The van der Waals surface area contributed by atoms with Crippen molar-refractivity contribution in [1.29, 1.82) is 0 Å². The monoisotopic (exact) mass is 344 g/mol. The van der Waals surface area contributed by atoms with Crippen molar-refractivity contribution in [3.63, 3.8) is 0 Å². The molecule has 1 amide bonds. The maximum Gasteiger partial charge on any atom is 0.236 e. The number of carbonyl (C=O) groups is 1. The zero-order chi connectivity index (χ0) is 17.4. The Morgan fingerprint density at radius 2 is 1.62 bits per heavy atom. The van der Waals surface area contributed by atoms with Crippen LogP contribution >= 0.6 is 0 Å². The number of hydrogen-bond acceptors (Lipinski definition) is 3. The van der Waals surface area contributed by atoms with Gasteiger partial charge >= 0.3 is 0 Å². The standard InChI is InChI=1S/C18H20N2O3S/c1-20(15-18(21)19-14-17-10-6-3-7-11-17)24(22,23)13-12-16-8-4-2-5-9-16/h2-13H,14-15H2,1H3,(H,19,21)/b13-12+. The fraction of sp³-hybridized carbons (Fsp3) is 0.167. The van der Waals surface area contributed by atoms with Gasteiger partial charge in [-0.05, 0) is 17.2 Å². The van der Waals surface area contributed by atoms with Crippen LogP contribution in [0.4, 0.5) is 0 Å². The van der Waals surface area contributed by atoms with Crippen LogP contribution < -0.4 is 5.32 Å². The summed E-state index contributed by atoms with van der Waals surface area (Å²) in [7, 11) is -2.26. The number of likely N-dealkylation sites (N-methyl/N-ethyl adjacent to an activating group) is 1. The minimum atomic E-state index is -3.64. The molecule has 0 atom stereocenters. The van der Waals surface area contributed by atoms with E-state index in [2.05, 4.69) is 5.32 Å². The van der Waals surface area contributed by atoms with E-state index in [0.29, 0.717) is 6.54 Å². The van der Waals surface area contributed by atoms with E-state index in [9.17, 15) is 13.2 Å². The first-order valence-electron chi connectivity index (χ1n) is 7.47. The summed E-state index contributed by atoms with van der Waals surface area (Å²) in [6.45, 7) is 0.141. The van der Waals surface area contributed by atoms with Crippen LogP contribution in [0.1, 0.15) is 11.1 Å². The predicted octanol–water partition coefficient (Wildman–Crippen LogP) is 2.24. The highest BCUT2D eigenvalue weighted by Crippen LogP contribution is 2.06. The molecule has 2 aromatic carbocycles. The second-order valence-corrected chi connectivity index (χ2v) is 7.20. The van der Waals surface area contributed by atoms with Gasteiger partial charge in [0.05, 0.1) is 6.54 Å². The molecule has 0 aliphatic heterocycles. The van der Waals surface area contributed by atoms with Crippen molar-refractivity contribution in [2.24, 2.45) is 0 Å². The normalized spacial score (nSPS) is 11.8. The van der Waals surface area contributed by atoms with Crippen LogP contribution in [-0.2, 0) is 21.4 Å². The van der Waals surface area contributed by atoms with E-state index in [1.165, 1.54) is 13.1 Å². The molecular formula is C18H20N2O3S. The molecule has 0 aliphatic rings. The molecule has 5 nitrogen and oxygen atoms in total. The number of rotatable bonds is 7. The average molecular weight is 344 g/mol. The quantitative estimate of drug-likeness (QED) is 0.838. The van der Waals surface area contributed by atoms with Gasteiger partial charge in [0.25, 0.3) is 0 Å². The third-order valence-electron chi connectivity index (χ3n) is 3.37. The maximum absolute atomic E-state index is 12.2. The smallest absolute Gasteiger partial charge is 0.236 e. The average Bonchev–Trinajstić information content (AvgIpc) is 2.60. The van der Waals surface area contributed by atoms with Crippen molar-refractivity contribution in [3.8, 4) is 0 Å². The van der Waals surface area contributed by atoms with Gasteiger partial charge in [-0.15, -0.1) is 0 Å². The van der Waals surface area contributed by atoms with E-state index in [1.54, 1.807) is 12.1 Å². The van der Waals surface area contributed by atoms with Gasteiger partial charge in [0, 0.05) is 19.0 Å². The number of nitrogens with one attached hydrogen (secondary N) is 1. The van der Waals surface area contributed by atoms with E-state index < -0.39 is 10.0 Å². The van der Waals surface area contributed by atoms with Gasteiger partial charge in [-0.3, -0.25) is 4.79 Å². The minimum Gasteiger partial charge on any atom is -0.351 e. The molecule has 1 N–H and O–H groups in total. The van der Waals surface area contributed by atoms with Gasteiger partial charge in [0.2, 0.25) is 15.9 Å². The molecule has 0 aromatic heterocycles. The first-order valence-corrected chi connectivity index (χ1v) is 8.98. The summed E-state index contributed by atoms with van der Waals surface area (Å²) in [4.78, 5) is 11.9. The van der Waals surface area contributed by atoms with Crippen molar-refractivity contribution in [2.45, 2.75) is 6.54 Å². The van der Waals surface area contributed by atoms with Crippen molar-refractivity contribution < 1.29 is 13.2 Å². The van der Waals surface area contributed by atoms with Crippen LogP contribution in [0.3, 0.4) is 0 Å². The number of sulfonamides is 1. The Kier molecular flexibility index (Phi) is 6.28. The highest BCUT2D eigenvalue weighted by Gasteiger charge is 2.17. The fourth-order valence-corrected chi connectivity index (χ4v) is 2.81. The summed E-state index contributed by atoms with van der Waals surface area (Å²) in [6, 6.07) is 18.6. The van der Waals surface area contributed by atoms with Gasteiger partial charge < -0.3 is 5.32 Å². The van der Waals surface area contributed by atoms with E-state index in [-0.39, 0.29) is 12.5 Å². The first kappa shape index (κ1) is 17.9. The van der Waals surface area contributed by atoms with E-state index >= 15 is 0 Å². The number of hydrogen-bond donors (Lipinski definition) is 1. The summed E-state index contributed by atoms with van der Waals surface area (Å²) in [5, 5.41) is 3.81. The number of nitrogens with zero attached hydrogens (tertiary/aromatic N) is 1. The second kappa shape index (κ2) is 8.42. The lowest BCUT2D eigenvalue weighted by molar-refractivity contribution is -0.121. The largest absolute Gasteiger partial charge is 0.351 e. The molecule has 126 valence electrons. The SMILES string of the molecule is CN(CC(=O)NCc1ccccc1)S(=O)(=O)/C=C/c1ccccc1. The van der Waals surface area contributed by atoms with E-state index in [4.69, 9.17) is 0 Å². The minimum absolute atomic E-state index is 0.228. The molecule has 0 unspecified atom stereocenters. The van der Waals surface area contributed by atoms with Crippen molar-refractivity contribution in [3.05, 3.63) is 77.2 Å². The lowest BCUT2D eigenvalue weighted by Gasteiger charge is -2.14. The van der Waals surface area contributed by atoms with Gasteiger partial charge in [0.1, 0.15) is 0 Å². The van der Waals surface area contributed by atoms with Crippen LogP contribution in [0.15, 0.2) is 66.1 Å². The second-order valence-electron chi connectivity index (χ2n) is 5.28.